The summed E-state index contributed by atoms with van der Waals surface area (Å²) in [5.41, 5.74) is 5.90. The van der Waals surface area contributed by atoms with E-state index >= 15 is 0 Å². The lowest BCUT2D eigenvalue weighted by molar-refractivity contribution is 0.286. The normalized spacial score (nSPS) is 20.3. The Morgan fingerprint density at radius 1 is 1.39 bits per heavy atom. The van der Waals surface area contributed by atoms with Crippen molar-refractivity contribution in [2.24, 2.45) is 5.41 Å². The molecule has 0 aromatic heterocycles. The van der Waals surface area contributed by atoms with Crippen molar-refractivity contribution in [3.05, 3.63) is 22.9 Å². The maximum absolute atomic E-state index is 10.7. The summed E-state index contributed by atoms with van der Waals surface area (Å²) in [7, 11) is -1.83. The van der Waals surface area contributed by atoms with Crippen LogP contribution in [0.3, 0.4) is 0 Å². The van der Waals surface area contributed by atoms with E-state index in [0.717, 1.165) is 12.1 Å². The third-order valence-electron chi connectivity index (χ3n) is 5.21. The van der Waals surface area contributed by atoms with Crippen LogP contribution >= 0.6 is 0 Å². The second-order valence-corrected chi connectivity index (χ2v) is 13.7. The number of rotatable bonds is 6. The van der Waals surface area contributed by atoms with Gasteiger partial charge in [-0.2, -0.15) is 4.83 Å². The smallest absolute Gasteiger partial charge is 0.192 e. The summed E-state index contributed by atoms with van der Waals surface area (Å²) >= 11 is -2.34. The van der Waals surface area contributed by atoms with E-state index in [2.05, 4.69) is 64.9 Å². The van der Waals surface area contributed by atoms with Crippen LogP contribution < -0.4 is 10.3 Å². The largest absolute Gasteiger partial charge is 0.759 e. The lowest BCUT2D eigenvalue weighted by Gasteiger charge is -2.41. The highest BCUT2D eigenvalue weighted by molar-refractivity contribution is 7.76. The van der Waals surface area contributed by atoms with E-state index in [-0.39, 0.29) is 10.5 Å². The van der Waals surface area contributed by atoms with Crippen molar-refractivity contribution in [2.75, 3.05) is 6.61 Å². The van der Waals surface area contributed by atoms with Gasteiger partial charge in [0.15, 0.2) is 8.32 Å². The standard InChI is InChI=1S/C16H32N2O3SSi/c1-12-9-10-14(17-18-22(19)20)16(5,6)13(12)11-21-23(7,8)15(2,3)4/h10,17-18H,9,11H2,1-8H3,(H,19,20)/p-1. The van der Waals surface area contributed by atoms with Gasteiger partial charge in [-0.1, -0.05) is 46.3 Å². The highest BCUT2D eigenvalue weighted by atomic mass is 32.2. The second-order valence-electron chi connectivity index (χ2n) is 8.22. The molecule has 7 heteroatoms. The Morgan fingerprint density at radius 3 is 2.43 bits per heavy atom. The van der Waals surface area contributed by atoms with Crippen LogP contribution in [0.5, 0.6) is 0 Å². The summed E-state index contributed by atoms with van der Waals surface area (Å²) in [5.74, 6) is 0. The van der Waals surface area contributed by atoms with Gasteiger partial charge in [0.25, 0.3) is 0 Å². The molecule has 0 aromatic carbocycles. The molecule has 23 heavy (non-hydrogen) atoms. The SMILES string of the molecule is CC1=C(CO[Si](C)(C)C(C)(C)C)C(C)(C)C(NNS(=O)[O-])=CC1. The van der Waals surface area contributed by atoms with Gasteiger partial charge in [0.2, 0.25) is 0 Å². The van der Waals surface area contributed by atoms with E-state index < -0.39 is 19.6 Å². The van der Waals surface area contributed by atoms with Crippen LogP contribution in [0.4, 0.5) is 0 Å². The first kappa shape index (κ1) is 20.6. The summed E-state index contributed by atoms with van der Waals surface area (Å²) in [6.07, 6.45) is 2.83. The topological polar surface area (TPSA) is 73.4 Å². The molecule has 0 aromatic rings. The first-order valence-corrected chi connectivity index (χ1v) is 11.9. The fourth-order valence-corrected chi connectivity index (χ4v) is 3.54. The molecule has 0 aliphatic heterocycles. The minimum atomic E-state index is -2.34. The van der Waals surface area contributed by atoms with Gasteiger partial charge in [0.05, 0.1) is 6.61 Å². The Labute approximate surface area is 144 Å². The molecule has 0 saturated heterocycles. The molecule has 0 bridgehead atoms. The molecular weight excluding hydrogens is 328 g/mol. The van der Waals surface area contributed by atoms with Crippen molar-refractivity contribution >= 4 is 19.6 Å². The van der Waals surface area contributed by atoms with Gasteiger partial charge in [0.1, 0.15) is 0 Å². The molecule has 0 spiro atoms. The van der Waals surface area contributed by atoms with Gasteiger partial charge in [-0.25, -0.2) is 0 Å². The van der Waals surface area contributed by atoms with Gasteiger partial charge in [-0.3, -0.25) is 4.21 Å². The Hall–Kier alpha value is -0.473. The first-order valence-electron chi connectivity index (χ1n) is 7.93. The van der Waals surface area contributed by atoms with Crippen LogP contribution in [0.25, 0.3) is 0 Å². The van der Waals surface area contributed by atoms with E-state index in [9.17, 15) is 8.76 Å². The third-order valence-corrected chi connectivity index (χ3v) is 9.96. The van der Waals surface area contributed by atoms with Crippen LogP contribution in [-0.2, 0) is 15.7 Å². The summed E-state index contributed by atoms with van der Waals surface area (Å²) in [6.45, 7) is 18.1. The molecule has 0 radical (unpaired) electrons. The molecule has 1 aliphatic rings. The fourth-order valence-electron chi connectivity index (χ4n) is 2.41. The Balaban J connectivity index is 2.91. The molecule has 1 atom stereocenters. The average molecular weight is 360 g/mol. The maximum atomic E-state index is 10.7. The Kier molecular flexibility index (Phi) is 6.43. The summed E-state index contributed by atoms with van der Waals surface area (Å²) in [5, 5.41) is 0.165. The second kappa shape index (κ2) is 7.19. The number of hydrazine groups is 1. The monoisotopic (exact) mass is 359 g/mol. The minimum Gasteiger partial charge on any atom is -0.759 e. The molecule has 1 rings (SSSR count). The maximum Gasteiger partial charge on any atom is 0.192 e. The van der Waals surface area contributed by atoms with Crippen LogP contribution in [0.2, 0.25) is 18.1 Å². The highest BCUT2D eigenvalue weighted by Crippen LogP contribution is 2.42. The van der Waals surface area contributed by atoms with Gasteiger partial charge in [-0.05, 0) is 37.0 Å². The van der Waals surface area contributed by atoms with Crippen molar-refractivity contribution in [2.45, 2.75) is 66.1 Å². The third kappa shape index (κ3) is 5.00. The number of hydrogen-bond acceptors (Lipinski definition) is 4. The molecular formula is C16H31N2O3SSi-. The molecule has 134 valence electrons. The van der Waals surface area contributed by atoms with Gasteiger partial charge in [0, 0.05) is 22.4 Å². The van der Waals surface area contributed by atoms with E-state index in [0.29, 0.717) is 6.61 Å². The minimum absolute atomic E-state index is 0.165. The molecule has 0 fully saturated rings. The van der Waals surface area contributed by atoms with E-state index in [1.54, 1.807) is 0 Å². The molecule has 1 aliphatic carbocycles. The lowest BCUT2D eigenvalue weighted by Crippen LogP contribution is -2.44. The highest BCUT2D eigenvalue weighted by Gasteiger charge is 2.39. The zero-order valence-corrected chi connectivity index (χ0v) is 17.4. The van der Waals surface area contributed by atoms with E-state index in [4.69, 9.17) is 4.43 Å². The number of hydrogen-bond donors (Lipinski definition) is 2. The van der Waals surface area contributed by atoms with Crippen molar-refractivity contribution in [1.29, 1.82) is 0 Å². The fraction of sp³-hybridized carbons (Fsp3) is 0.750. The number of allylic oxidation sites excluding steroid dienone is 3. The van der Waals surface area contributed by atoms with Gasteiger partial charge in [-0.15, -0.1) is 0 Å². The lowest BCUT2D eigenvalue weighted by atomic mass is 9.75. The van der Waals surface area contributed by atoms with Crippen LogP contribution in [0.1, 0.15) is 48.0 Å². The van der Waals surface area contributed by atoms with E-state index in [1.165, 1.54) is 11.1 Å². The van der Waals surface area contributed by atoms with Crippen LogP contribution in [-0.4, -0.2) is 23.7 Å². The zero-order valence-electron chi connectivity index (χ0n) is 15.6. The predicted molar refractivity (Wildman–Crippen MR) is 97.5 cm³/mol. The van der Waals surface area contributed by atoms with E-state index in [1.807, 2.05) is 6.08 Å². The van der Waals surface area contributed by atoms with Crippen LogP contribution in [0.15, 0.2) is 22.9 Å². The molecule has 1 unspecified atom stereocenters. The summed E-state index contributed by atoms with van der Waals surface area (Å²) in [6, 6.07) is 0. The average Bonchev–Trinajstić information content (AvgIpc) is 2.35. The Bertz CT molecular complexity index is 534. The quantitative estimate of drug-likeness (QED) is 0.329. The molecule has 5 nitrogen and oxygen atoms in total. The van der Waals surface area contributed by atoms with Crippen molar-refractivity contribution in [3.8, 4) is 0 Å². The van der Waals surface area contributed by atoms with Crippen molar-refractivity contribution in [3.63, 3.8) is 0 Å². The van der Waals surface area contributed by atoms with Gasteiger partial charge < -0.3 is 14.4 Å². The van der Waals surface area contributed by atoms with Crippen molar-refractivity contribution < 1.29 is 13.2 Å². The van der Waals surface area contributed by atoms with Crippen molar-refractivity contribution in [1.82, 2.24) is 10.3 Å². The number of nitrogens with one attached hydrogen (secondary N) is 2. The zero-order chi connectivity index (χ0) is 18.1. The molecule has 0 amide bonds. The molecule has 0 saturated carbocycles. The van der Waals surface area contributed by atoms with Gasteiger partial charge >= 0.3 is 0 Å². The summed E-state index contributed by atoms with van der Waals surface area (Å²) in [4.78, 5) is 2.25. The molecule has 2 N–H and O–H groups in total. The first-order chi connectivity index (χ1) is 10.3. The predicted octanol–water partition coefficient (Wildman–Crippen LogP) is 3.53. The Morgan fingerprint density at radius 2 is 1.96 bits per heavy atom. The summed E-state index contributed by atoms with van der Waals surface area (Å²) < 4.78 is 27.9. The van der Waals surface area contributed by atoms with Crippen LogP contribution in [0, 0.1) is 5.41 Å². The molecule has 0 heterocycles.